The summed E-state index contributed by atoms with van der Waals surface area (Å²) in [5, 5.41) is 1.82. The molecule has 0 aliphatic carbocycles. The van der Waals surface area contributed by atoms with Crippen LogP contribution in [-0.2, 0) is 19.6 Å². The number of alkyl halides is 1. The highest BCUT2D eigenvalue weighted by atomic mass is 35.5. The first kappa shape index (κ1) is 15.5. The Balaban J connectivity index is 2.88. The van der Waals surface area contributed by atoms with Crippen molar-refractivity contribution in [2.75, 3.05) is 5.32 Å². The Kier molecular flexibility index (Phi) is 4.90. The molecule has 0 fully saturated rings. The predicted octanol–water partition coefficient (Wildman–Crippen LogP) is 1.08. The van der Waals surface area contributed by atoms with Crippen molar-refractivity contribution in [2.45, 2.75) is 24.1 Å². The maximum atomic E-state index is 11.6. The quantitative estimate of drug-likeness (QED) is 0.814. The third-order valence-electron chi connectivity index (χ3n) is 2.07. The maximum Gasteiger partial charge on any atom is 0.264 e. The van der Waals surface area contributed by atoms with E-state index >= 15 is 0 Å². The van der Waals surface area contributed by atoms with Gasteiger partial charge in [-0.05, 0) is 31.2 Å². The van der Waals surface area contributed by atoms with Crippen LogP contribution in [0.25, 0.3) is 0 Å². The third-order valence-corrected chi connectivity index (χ3v) is 3.72. The average molecular weight is 305 g/mol. The van der Waals surface area contributed by atoms with Crippen LogP contribution in [0, 0.1) is 0 Å². The summed E-state index contributed by atoms with van der Waals surface area (Å²) in [5.74, 6) is -1.06. The van der Waals surface area contributed by atoms with Crippen LogP contribution in [0.2, 0.25) is 0 Å². The molecule has 0 heterocycles. The molecule has 2 amide bonds. The lowest BCUT2D eigenvalue weighted by Gasteiger charge is -2.08. The fourth-order valence-electron chi connectivity index (χ4n) is 1.21. The highest BCUT2D eigenvalue weighted by Crippen LogP contribution is 2.14. The molecule has 104 valence electrons. The summed E-state index contributed by atoms with van der Waals surface area (Å²) in [6.45, 7) is 2.63. The SMILES string of the molecule is CC(=O)NS(=O)(=O)c1ccc(NC(=O)[C@H](C)Cl)cc1. The van der Waals surface area contributed by atoms with Gasteiger partial charge in [-0.3, -0.25) is 9.59 Å². The van der Waals surface area contributed by atoms with Gasteiger partial charge in [0, 0.05) is 12.6 Å². The second kappa shape index (κ2) is 6.03. The smallest absolute Gasteiger partial charge is 0.264 e. The second-order valence-corrected chi connectivity index (χ2v) is 6.13. The summed E-state index contributed by atoms with van der Waals surface area (Å²) < 4.78 is 25.1. The van der Waals surface area contributed by atoms with Gasteiger partial charge < -0.3 is 5.32 Å². The zero-order chi connectivity index (χ0) is 14.6. The van der Waals surface area contributed by atoms with Gasteiger partial charge in [0.15, 0.2) is 0 Å². The Morgan fingerprint density at radius 1 is 1.21 bits per heavy atom. The van der Waals surface area contributed by atoms with Gasteiger partial charge in [0.2, 0.25) is 11.8 Å². The first-order chi connectivity index (χ1) is 8.72. The standard InChI is InChI=1S/C11H13ClN2O4S/c1-7(12)11(16)13-9-3-5-10(6-4-9)19(17,18)14-8(2)15/h3-7H,1-2H3,(H,13,16)(H,14,15)/t7-/m0/s1. The van der Waals surface area contributed by atoms with E-state index in [1.807, 2.05) is 4.72 Å². The van der Waals surface area contributed by atoms with Gasteiger partial charge in [-0.25, -0.2) is 13.1 Å². The summed E-state index contributed by atoms with van der Waals surface area (Å²) >= 11 is 5.58. The maximum absolute atomic E-state index is 11.6. The zero-order valence-corrected chi connectivity index (χ0v) is 11.9. The van der Waals surface area contributed by atoms with Crippen LogP contribution in [0.1, 0.15) is 13.8 Å². The molecule has 1 aromatic rings. The number of hydrogen-bond donors (Lipinski definition) is 2. The van der Waals surface area contributed by atoms with E-state index in [2.05, 4.69) is 5.32 Å². The molecule has 19 heavy (non-hydrogen) atoms. The molecule has 0 bridgehead atoms. The monoisotopic (exact) mass is 304 g/mol. The molecule has 0 saturated heterocycles. The summed E-state index contributed by atoms with van der Waals surface area (Å²) in [7, 11) is -3.86. The largest absolute Gasteiger partial charge is 0.325 e. The van der Waals surface area contributed by atoms with E-state index in [0.717, 1.165) is 6.92 Å². The number of nitrogens with one attached hydrogen (secondary N) is 2. The van der Waals surface area contributed by atoms with E-state index in [-0.39, 0.29) is 10.8 Å². The second-order valence-electron chi connectivity index (χ2n) is 3.79. The molecule has 2 N–H and O–H groups in total. The van der Waals surface area contributed by atoms with E-state index in [1.165, 1.54) is 31.2 Å². The molecule has 0 aliphatic heterocycles. The molecule has 0 unspecified atom stereocenters. The van der Waals surface area contributed by atoms with Gasteiger partial charge in [0.05, 0.1) is 4.90 Å². The van der Waals surface area contributed by atoms with Crippen molar-refractivity contribution in [2.24, 2.45) is 0 Å². The number of carbonyl (C=O) groups excluding carboxylic acids is 2. The minimum absolute atomic E-state index is 0.0698. The fourth-order valence-corrected chi connectivity index (χ4v) is 2.25. The van der Waals surface area contributed by atoms with Crippen molar-refractivity contribution in [3.63, 3.8) is 0 Å². The van der Waals surface area contributed by atoms with Gasteiger partial charge >= 0.3 is 0 Å². The highest BCUT2D eigenvalue weighted by Gasteiger charge is 2.15. The van der Waals surface area contributed by atoms with Crippen LogP contribution in [0.5, 0.6) is 0 Å². The number of sulfonamides is 1. The van der Waals surface area contributed by atoms with E-state index in [1.54, 1.807) is 0 Å². The Bertz CT molecular complexity index is 581. The molecule has 8 heteroatoms. The van der Waals surface area contributed by atoms with Crippen molar-refractivity contribution in [3.8, 4) is 0 Å². The topological polar surface area (TPSA) is 92.3 Å². The van der Waals surface area contributed by atoms with Crippen LogP contribution >= 0.6 is 11.6 Å². The number of anilines is 1. The summed E-state index contributed by atoms with van der Waals surface area (Å²) in [4.78, 5) is 22.0. The average Bonchev–Trinajstić information content (AvgIpc) is 2.27. The Morgan fingerprint density at radius 3 is 2.16 bits per heavy atom. The molecule has 1 atom stereocenters. The molecular formula is C11H13ClN2O4S. The van der Waals surface area contributed by atoms with Gasteiger partial charge in [-0.1, -0.05) is 0 Å². The molecule has 6 nitrogen and oxygen atoms in total. The lowest BCUT2D eigenvalue weighted by Crippen LogP contribution is -2.28. The van der Waals surface area contributed by atoms with Gasteiger partial charge in [-0.2, -0.15) is 0 Å². The zero-order valence-electron chi connectivity index (χ0n) is 10.3. The minimum Gasteiger partial charge on any atom is -0.325 e. The number of benzene rings is 1. The first-order valence-electron chi connectivity index (χ1n) is 5.31. The molecule has 0 saturated carbocycles. The van der Waals surface area contributed by atoms with E-state index in [9.17, 15) is 18.0 Å². The molecule has 0 aromatic heterocycles. The molecule has 0 aliphatic rings. The molecule has 1 rings (SSSR count). The lowest BCUT2D eigenvalue weighted by atomic mass is 10.3. The Morgan fingerprint density at radius 2 is 1.74 bits per heavy atom. The number of amides is 2. The molecule has 0 spiro atoms. The molecule has 1 aromatic carbocycles. The van der Waals surface area contributed by atoms with Crippen LogP contribution in [0.15, 0.2) is 29.2 Å². The highest BCUT2D eigenvalue weighted by molar-refractivity contribution is 7.90. The summed E-state index contributed by atoms with van der Waals surface area (Å²) in [5.41, 5.74) is 0.416. The van der Waals surface area contributed by atoms with Gasteiger partial charge in [0.1, 0.15) is 5.38 Å². The molecule has 0 radical (unpaired) electrons. The number of hydrogen-bond acceptors (Lipinski definition) is 4. The minimum atomic E-state index is -3.86. The fraction of sp³-hybridized carbons (Fsp3) is 0.273. The van der Waals surface area contributed by atoms with Crippen molar-refractivity contribution in [1.29, 1.82) is 0 Å². The number of rotatable bonds is 4. The van der Waals surface area contributed by atoms with Crippen molar-refractivity contribution in [1.82, 2.24) is 4.72 Å². The van der Waals surface area contributed by atoms with Crippen molar-refractivity contribution >= 4 is 39.1 Å². The summed E-state index contributed by atoms with van der Waals surface area (Å²) in [6, 6.07) is 5.37. The van der Waals surface area contributed by atoms with Crippen LogP contribution < -0.4 is 10.0 Å². The van der Waals surface area contributed by atoms with Crippen molar-refractivity contribution in [3.05, 3.63) is 24.3 Å². The number of halogens is 1. The van der Waals surface area contributed by atoms with E-state index in [0.29, 0.717) is 5.69 Å². The van der Waals surface area contributed by atoms with Gasteiger partial charge in [-0.15, -0.1) is 11.6 Å². The predicted molar refractivity (Wildman–Crippen MR) is 71.4 cm³/mol. The number of carbonyl (C=O) groups is 2. The van der Waals surface area contributed by atoms with Crippen LogP contribution in [0.3, 0.4) is 0 Å². The lowest BCUT2D eigenvalue weighted by molar-refractivity contribution is -0.117. The molecular weight excluding hydrogens is 292 g/mol. The Labute approximate surface area is 116 Å². The normalized spacial score (nSPS) is 12.6. The summed E-state index contributed by atoms with van der Waals surface area (Å²) in [6.07, 6.45) is 0. The first-order valence-corrected chi connectivity index (χ1v) is 7.23. The van der Waals surface area contributed by atoms with Crippen molar-refractivity contribution < 1.29 is 18.0 Å². The van der Waals surface area contributed by atoms with Crippen LogP contribution in [-0.4, -0.2) is 25.6 Å². The van der Waals surface area contributed by atoms with Gasteiger partial charge in [0.25, 0.3) is 10.0 Å². The van der Waals surface area contributed by atoms with E-state index < -0.39 is 21.3 Å². The van der Waals surface area contributed by atoms with E-state index in [4.69, 9.17) is 11.6 Å². The third kappa shape index (κ3) is 4.53. The van der Waals surface area contributed by atoms with Crippen LogP contribution in [0.4, 0.5) is 5.69 Å². The Hall–Kier alpha value is -1.60.